The van der Waals surface area contributed by atoms with E-state index in [1.54, 1.807) is 0 Å². The van der Waals surface area contributed by atoms with Crippen molar-refractivity contribution in [1.29, 1.82) is 0 Å². The molecule has 2 N–H and O–H groups in total. The Balaban J connectivity index is 1.80. The second kappa shape index (κ2) is 5.51. The molecule has 0 fully saturated rings. The topological polar surface area (TPSA) is 71.3 Å². The smallest absolute Gasteiger partial charge is 0.208 e. The van der Waals surface area contributed by atoms with Gasteiger partial charge in [0.25, 0.3) is 0 Å². The molecule has 98 valence electrons. The van der Waals surface area contributed by atoms with E-state index in [1.807, 2.05) is 30.3 Å². The molecule has 0 amide bonds. The van der Waals surface area contributed by atoms with Gasteiger partial charge >= 0.3 is 0 Å². The Morgan fingerprint density at radius 1 is 1.22 bits per heavy atom. The molecule has 18 heavy (non-hydrogen) atoms. The number of fused-ring (bicyclic) bond motifs is 1. The number of para-hydroxylation sites is 1. The number of furan rings is 1. The maximum absolute atomic E-state index is 10.8. The Labute approximate surface area is 106 Å². The Kier molecular flexibility index (Phi) is 4.00. The summed E-state index contributed by atoms with van der Waals surface area (Å²) in [6, 6.07) is 9.79. The number of rotatable bonds is 6. The first-order valence-electron chi connectivity index (χ1n) is 5.67. The highest BCUT2D eigenvalue weighted by atomic mass is 32.2. The minimum atomic E-state index is -3.10. The molecule has 0 atom stereocenters. The average Bonchev–Trinajstić information content (AvgIpc) is 2.69. The van der Waals surface area contributed by atoms with E-state index < -0.39 is 10.0 Å². The third-order valence-corrected chi connectivity index (χ3v) is 3.17. The maximum atomic E-state index is 10.8. The lowest BCUT2D eigenvalue weighted by Gasteiger charge is -2.03. The van der Waals surface area contributed by atoms with Crippen molar-refractivity contribution in [2.45, 2.75) is 6.54 Å². The second-order valence-electron chi connectivity index (χ2n) is 4.09. The highest BCUT2D eigenvalue weighted by Gasteiger charge is 2.02. The molecule has 0 radical (unpaired) electrons. The second-order valence-corrected chi connectivity index (χ2v) is 5.93. The molecule has 0 spiro atoms. The number of benzene rings is 1. The minimum Gasteiger partial charge on any atom is -0.460 e. The lowest BCUT2D eigenvalue weighted by molar-refractivity contribution is 0.513. The van der Waals surface area contributed by atoms with Gasteiger partial charge in [0.1, 0.15) is 11.3 Å². The Morgan fingerprint density at radius 3 is 2.72 bits per heavy atom. The number of hydrogen-bond acceptors (Lipinski definition) is 4. The molecule has 1 heterocycles. The Hall–Kier alpha value is -1.37. The molecule has 0 saturated carbocycles. The molecule has 5 nitrogen and oxygen atoms in total. The van der Waals surface area contributed by atoms with Crippen LogP contribution in [0, 0.1) is 0 Å². The summed E-state index contributed by atoms with van der Waals surface area (Å²) in [5.74, 6) is 0.843. The van der Waals surface area contributed by atoms with Crippen LogP contribution in [0.4, 0.5) is 0 Å². The molecular weight excluding hydrogens is 252 g/mol. The van der Waals surface area contributed by atoms with E-state index in [1.165, 1.54) is 0 Å². The van der Waals surface area contributed by atoms with Crippen LogP contribution in [0.1, 0.15) is 5.76 Å². The Bertz CT molecular complexity index is 586. The molecule has 1 aromatic heterocycles. The van der Waals surface area contributed by atoms with Crippen LogP contribution in [0.5, 0.6) is 0 Å². The van der Waals surface area contributed by atoms with Gasteiger partial charge in [-0.2, -0.15) is 0 Å². The summed E-state index contributed by atoms with van der Waals surface area (Å²) in [7, 11) is -3.10. The minimum absolute atomic E-state index is 0.374. The highest BCUT2D eigenvalue weighted by molar-refractivity contribution is 7.88. The maximum Gasteiger partial charge on any atom is 0.208 e. The molecular formula is C12H16N2O3S. The van der Waals surface area contributed by atoms with Gasteiger partial charge in [-0.15, -0.1) is 0 Å². The predicted octanol–water partition coefficient (Wildman–Crippen LogP) is 1.07. The fraction of sp³-hybridized carbons (Fsp3) is 0.333. The first-order valence-corrected chi connectivity index (χ1v) is 7.56. The standard InChI is InChI=1S/C12H16N2O3S/c1-18(15,16)14-7-6-13-9-11-8-10-4-2-3-5-12(10)17-11/h2-5,8,13-14H,6-7,9H2,1H3. The largest absolute Gasteiger partial charge is 0.460 e. The van der Waals surface area contributed by atoms with Crippen LogP contribution in [-0.2, 0) is 16.6 Å². The quantitative estimate of drug-likeness (QED) is 0.769. The summed E-state index contributed by atoms with van der Waals surface area (Å²) in [6.07, 6.45) is 1.15. The summed E-state index contributed by atoms with van der Waals surface area (Å²) < 4.78 is 29.7. The van der Waals surface area contributed by atoms with Crippen molar-refractivity contribution in [3.63, 3.8) is 0 Å². The van der Waals surface area contributed by atoms with E-state index >= 15 is 0 Å². The van der Waals surface area contributed by atoms with Crippen LogP contribution < -0.4 is 10.0 Å². The molecule has 6 heteroatoms. The molecule has 0 bridgehead atoms. The van der Waals surface area contributed by atoms with Gasteiger partial charge in [-0.05, 0) is 12.1 Å². The summed E-state index contributed by atoms with van der Waals surface area (Å²) in [4.78, 5) is 0. The predicted molar refractivity (Wildman–Crippen MR) is 70.8 cm³/mol. The number of hydrogen-bond donors (Lipinski definition) is 2. The van der Waals surface area contributed by atoms with Crippen molar-refractivity contribution < 1.29 is 12.8 Å². The van der Waals surface area contributed by atoms with Crippen LogP contribution in [0.2, 0.25) is 0 Å². The van der Waals surface area contributed by atoms with Gasteiger partial charge in [0, 0.05) is 18.5 Å². The monoisotopic (exact) mass is 268 g/mol. The molecule has 0 saturated heterocycles. The van der Waals surface area contributed by atoms with Crippen molar-refractivity contribution in [3.8, 4) is 0 Å². The van der Waals surface area contributed by atoms with Gasteiger partial charge in [0.2, 0.25) is 10.0 Å². The van der Waals surface area contributed by atoms with E-state index in [9.17, 15) is 8.42 Å². The third kappa shape index (κ3) is 3.83. The number of sulfonamides is 1. The molecule has 0 unspecified atom stereocenters. The van der Waals surface area contributed by atoms with Gasteiger partial charge in [0.15, 0.2) is 0 Å². The molecule has 2 aromatic rings. The summed E-state index contributed by atoms with van der Waals surface area (Å²) in [5.41, 5.74) is 0.864. The van der Waals surface area contributed by atoms with Crippen molar-refractivity contribution >= 4 is 21.0 Å². The van der Waals surface area contributed by atoms with E-state index in [-0.39, 0.29) is 0 Å². The molecule has 0 aliphatic heterocycles. The number of nitrogens with one attached hydrogen (secondary N) is 2. The van der Waals surface area contributed by atoms with Crippen LogP contribution >= 0.6 is 0 Å². The first-order chi connectivity index (χ1) is 8.54. The van der Waals surface area contributed by atoms with Crippen molar-refractivity contribution in [1.82, 2.24) is 10.0 Å². The summed E-state index contributed by atoms with van der Waals surface area (Å²) in [5, 5.41) is 4.19. The zero-order valence-electron chi connectivity index (χ0n) is 10.1. The average molecular weight is 268 g/mol. The van der Waals surface area contributed by atoms with Crippen LogP contribution in [0.25, 0.3) is 11.0 Å². The van der Waals surface area contributed by atoms with Gasteiger partial charge < -0.3 is 9.73 Å². The molecule has 0 aliphatic carbocycles. The summed E-state index contributed by atoms with van der Waals surface area (Å²) >= 11 is 0. The lowest BCUT2D eigenvalue weighted by atomic mass is 10.2. The fourth-order valence-corrected chi connectivity index (χ4v) is 2.13. The van der Waals surface area contributed by atoms with Gasteiger partial charge in [-0.3, -0.25) is 0 Å². The van der Waals surface area contributed by atoms with Gasteiger partial charge in [0.05, 0.1) is 12.8 Å². The van der Waals surface area contributed by atoms with E-state index in [0.717, 1.165) is 23.0 Å². The molecule has 2 rings (SSSR count). The molecule has 0 aliphatic rings. The van der Waals surface area contributed by atoms with Crippen LogP contribution in [0.15, 0.2) is 34.7 Å². The lowest BCUT2D eigenvalue weighted by Crippen LogP contribution is -2.30. The summed E-state index contributed by atoms with van der Waals surface area (Å²) in [6.45, 7) is 1.52. The Morgan fingerprint density at radius 2 is 2.00 bits per heavy atom. The molecule has 1 aromatic carbocycles. The van der Waals surface area contributed by atoms with E-state index in [2.05, 4.69) is 10.0 Å². The van der Waals surface area contributed by atoms with Crippen molar-refractivity contribution in [2.75, 3.05) is 19.3 Å². The van der Waals surface area contributed by atoms with Gasteiger partial charge in [-0.25, -0.2) is 13.1 Å². The van der Waals surface area contributed by atoms with E-state index in [0.29, 0.717) is 19.6 Å². The van der Waals surface area contributed by atoms with Crippen molar-refractivity contribution in [2.24, 2.45) is 0 Å². The zero-order valence-corrected chi connectivity index (χ0v) is 11.0. The fourth-order valence-electron chi connectivity index (χ4n) is 1.66. The third-order valence-electron chi connectivity index (χ3n) is 2.44. The highest BCUT2D eigenvalue weighted by Crippen LogP contribution is 2.18. The van der Waals surface area contributed by atoms with E-state index in [4.69, 9.17) is 4.42 Å². The van der Waals surface area contributed by atoms with Crippen molar-refractivity contribution in [3.05, 3.63) is 36.1 Å². The normalized spacial score (nSPS) is 12.1. The van der Waals surface area contributed by atoms with Crippen LogP contribution in [0.3, 0.4) is 0 Å². The SMILES string of the molecule is CS(=O)(=O)NCCNCc1cc2ccccc2o1. The van der Waals surface area contributed by atoms with Gasteiger partial charge in [-0.1, -0.05) is 18.2 Å². The van der Waals surface area contributed by atoms with Crippen LogP contribution in [-0.4, -0.2) is 27.8 Å². The zero-order chi connectivity index (χ0) is 13.0. The first kappa shape index (κ1) is 13.1.